The Hall–Kier alpha value is -2.87. The molecule has 1 aromatic heterocycles. The van der Waals surface area contributed by atoms with Gasteiger partial charge in [0.25, 0.3) is 0 Å². The monoisotopic (exact) mass is 464 g/mol. The van der Waals surface area contributed by atoms with Gasteiger partial charge in [-0.25, -0.2) is 18.7 Å². The molecular formula is C25H24N2O3S2. The van der Waals surface area contributed by atoms with Crippen molar-refractivity contribution in [2.45, 2.75) is 32.1 Å². The Morgan fingerprint density at radius 2 is 1.81 bits per heavy atom. The van der Waals surface area contributed by atoms with Crippen molar-refractivity contribution in [3.05, 3.63) is 81.9 Å². The summed E-state index contributed by atoms with van der Waals surface area (Å²) in [5, 5.41) is 12.7. The maximum absolute atomic E-state index is 12.7. The third-order valence-corrected chi connectivity index (χ3v) is 7.76. The minimum Gasteiger partial charge on any atom is -0.478 e. The normalized spacial score (nSPS) is 12.2. The number of thiazole rings is 1. The van der Waals surface area contributed by atoms with E-state index in [2.05, 4.69) is 42.0 Å². The van der Waals surface area contributed by atoms with E-state index < -0.39 is 17.0 Å². The number of fused-ring (bicyclic) bond motifs is 1. The fraction of sp³-hybridized carbons (Fsp3) is 0.200. The van der Waals surface area contributed by atoms with Crippen molar-refractivity contribution >= 4 is 39.1 Å². The highest BCUT2D eigenvalue weighted by Crippen LogP contribution is 2.30. The number of carboxylic acids is 1. The summed E-state index contributed by atoms with van der Waals surface area (Å²) in [4.78, 5) is 17.9. The lowest BCUT2D eigenvalue weighted by molar-refractivity contribution is 0.0695. The van der Waals surface area contributed by atoms with Crippen LogP contribution < -0.4 is 4.72 Å². The van der Waals surface area contributed by atoms with Crippen molar-refractivity contribution in [3.63, 3.8) is 0 Å². The van der Waals surface area contributed by atoms with Crippen LogP contribution in [0.1, 0.15) is 32.1 Å². The Bertz CT molecular complexity index is 1340. The van der Waals surface area contributed by atoms with Crippen molar-refractivity contribution in [1.82, 2.24) is 9.71 Å². The summed E-state index contributed by atoms with van der Waals surface area (Å²) in [6.07, 6.45) is 0.637. The summed E-state index contributed by atoms with van der Waals surface area (Å²) in [5.41, 5.74) is 3.76. The predicted octanol–water partition coefficient (Wildman–Crippen LogP) is 5.44. The molecule has 4 rings (SSSR count). The van der Waals surface area contributed by atoms with Crippen LogP contribution in [0.15, 0.2) is 59.5 Å². The molecule has 0 aliphatic carbocycles. The first-order valence-electron chi connectivity index (χ1n) is 10.3. The fourth-order valence-electron chi connectivity index (χ4n) is 3.61. The number of aryl methyl sites for hydroxylation is 2. The average molecular weight is 465 g/mol. The summed E-state index contributed by atoms with van der Waals surface area (Å²) < 4.78 is 15.7. The molecule has 164 valence electrons. The Kier molecular flexibility index (Phi) is 6.50. The van der Waals surface area contributed by atoms with Crippen LogP contribution in [-0.4, -0.2) is 26.8 Å². The lowest BCUT2D eigenvalue weighted by atomic mass is 10.0. The highest BCUT2D eigenvalue weighted by atomic mass is 32.2. The summed E-state index contributed by atoms with van der Waals surface area (Å²) >= 11 is 1.66. The number of carboxylic acid groups (broad SMARTS) is 1. The Labute approximate surface area is 193 Å². The number of nitrogens with zero attached hydrogens (tertiary/aromatic N) is 1. The topological polar surface area (TPSA) is 79.3 Å². The summed E-state index contributed by atoms with van der Waals surface area (Å²) in [7, 11) is -1.49. The maximum Gasteiger partial charge on any atom is 0.336 e. The SMILES string of the molecule is Cc1cc(S(=O)NCCc2nc(-c3ccc4ccccc4c3)sc2C)cc(C(=O)O)c1C. The van der Waals surface area contributed by atoms with Gasteiger partial charge in [-0.3, -0.25) is 0 Å². The molecular weight excluding hydrogens is 440 g/mol. The smallest absolute Gasteiger partial charge is 0.336 e. The molecule has 0 saturated carbocycles. The van der Waals surface area contributed by atoms with Gasteiger partial charge >= 0.3 is 5.97 Å². The lowest BCUT2D eigenvalue weighted by Crippen LogP contribution is -2.21. The van der Waals surface area contributed by atoms with Gasteiger partial charge < -0.3 is 5.11 Å². The van der Waals surface area contributed by atoms with Gasteiger partial charge in [0.2, 0.25) is 0 Å². The third kappa shape index (κ3) is 4.65. The number of hydrogen-bond acceptors (Lipinski definition) is 4. The molecule has 0 saturated heterocycles. The van der Waals surface area contributed by atoms with Crippen LogP contribution in [0.5, 0.6) is 0 Å². The van der Waals surface area contributed by atoms with Crippen molar-refractivity contribution in [2.24, 2.45) is 0 Å². The van der Waals surface area contributed by atoms with E-state index in [0.717, 1.165) is 26.7 Å². The number of carbonyl (C=O) groups is 1. The number of rotatable bonds is 7. The van der Waals surface area contributed by atoms with Crippen LogP contribution in [0, 0.1) is 20.8 Å². The molecule has 0 fully saturated rings. The molecule has 2 N–H and O–H groups in total. The van der Waals surface area contributed by atoms with E-state index in [0.29, 0.717) is 23.4 Å². The van der Waals surface area contributed by atoms with Crippen LogP contribution in [0.2, 0.25) is 0 Å². The molecule has 0 radical (unpaired) electrons. The summed E-state index contributed by atoms with van der Waals surface area (Å²) in [6, 6.07) is 17.9. The van der Waals surface area contributed by atoms with E-state index in [4.69, 9.17) is 4.98 Å². The van der Waals surface area contributed by atoms with Gasteiger partial charge in [0, 0.05) is 23.4 Å². The van der Waals surface area contributed by atoms with Crippen LogP contribution in [-0.2, 0) is 17.4 Å². The molecule has 0 aliphatic rings. The van der Waals surface area contributed by atoms with Crippen molar-refractivity contribution < 1.29 is 14.1 Å². The number of aromatic nitrogens is 1. The Morgan fingerprint density at radius 3 is 2.56 bits per heavy atom. The molecule has 4 aromatic rings. The van der Waals surface area contributed by atoms with E-state index in [-0.39, 0.29) is 5.56 Å². The van der Waals surface area contributed by atoms with Crippen LogP contribution >= 0.6 is 11.3 Å². The molecule has 0 aliphatic heterocycles. The van der Waals surface area contributed by atoms with E-state index in [9.17, 15) is 14.1 Å². The van der Waals surface area contributed by atoms with E-state index in [1.165, 1.54) is 16.8 Å². The van der Waals surface area contributed by atoms with Gasteiger partial charge in [0.05, 0.1) is 16.2 Å². The molecule has 1 unspecified atom stereocenters. The van der Waals surface area contributed by atoms with Crippen LogP contribution in [0.25, 0.3) is 21.3 Å². The second-order valence-electron chi connectivity index (χ2n) is 7.71. The average Bonchev–Trinajstić information content (AvgIpc) is 3.15. The quantitative estimate of drug-likeness (QED) is 0.382. The number of nitrogens with one attached hydrogen (secondary N) is 1. The largest absolute Gasteiger partial charge is 0.478 e. The first-order chi connectivity index (χ1) is 15.3. The third-order valence-electron chi connectivity index (χ3n) is 5.57. The van der Waals surface area contributed by atoms with Crippen molar-refractivity contribution in [2.75, 3.05) is 6.54 Å². The second kappa shape index (κ2) is 9.32. The molecule has 1 heterocycles. The first kappa shape index (κ1) is 22.3. The van der Waals surface area contributed by atoms with E-state index in [1.54, 1.807) is 24.3 Å². The van der Waals surface area contributed by atoms with E-state index >= 15 is 0 Å². The zero-order valence-corrected chi connectivity index (χ0v) is 19.8. The number of aromatic carboxylic acids is 1. The molecule has 3 aromatic carbocycles. The molecule has 0 bridgehead atoms. The fourth-order valence-corrected chi connectivity index (χ4v) is 5.53. The standard InChI is InChI=1S/C25H24N2O3S2/c1-15-12-21(14-22(16(15)2)25(28)29)32(30)26-11-10-23-17(3)31-24(27-23)20-9-8-18-6-4-5-7-19(18)13-20/h4-9,12-14,26H,10-11H2,1-3H3,(H,28,29). The highest BCUT2D eigenvalue weighted by Gasteiger charge is 2.15. The zero-order valence-electron chi connectivity index (χ0n) is 18.1. The van der Waals surface area contributed by atoms with Crippen molar-refractivity contribution in [3.8, 4) is 10.6 Å². The van der Waals surface area contributed by atoms with Crippen molar-refractivity contribution in [1.29, 1.82) is 0 Å². The lowest BCUT2D eigenvalue weighted by Gasteiger charge is -2.10. The molecule has 32 heavy (non-hydrogen) atoms. The maximum atomic E-state index is 12.7. The highest BCUT2D eigenvalue weighted by molar-refractivity contribution is 7.83. The van der Waals surface area contributed by atoms with Gasteiger partial charge in [-0.1, -0.05) is 36.4 Å². The summed E-state index contributed by atoms with van der Waals surface area (Å²) in [5.74, 6) is -1.01. The Balaban J connectivity index is 1.45. The van der Waals surface area contributed by atoms with Crippen LogP contribution in [0.4, 0.5) is 0 Å². The number of hydrogen-bond donors (Lipinski definition) is 2. The van der Waals surface area contributed by atoms with Gasteiger partial charge in [-0.15, -0.1) is 11.3 Å². The van der Waals surface area contributed by atoms with Gasteiger partial charge in [-0.05, 0) is 60.9 Å². The van der Waals surface area contributed by atoms with Crippen LogP contribution in [0.3, 0.4) is 0 Å². The van der Waals surface area contributed by atoms with Gasteiger partial charge in [0.1, 0.15) is 16.0 Å². The van der Waals surface area contributed by atoms with E-state index in [1.807, 2.05) is 19.1 Å². The molecule has 0 amide bonds. The minimum absolute atomic E-state index is 0.186. The summed E-state index contributed by atoms with van der Waals surface area (Å²) in [6.45, 7) is 6.12. The Morgan fingerprint density at radius 1 is 1.06 bits per heavy atom. The number of benzene rings is 3. The minimum atomic E-state index is -1.49. The zero-order chi connectivity index (χ0) is 22.8. The molecule has 7 heteroatoms. The second-order valence-corrected chi connectivity index (χ2v) is 10.2. The first-order valence-corrected chi connectivity index (χ1v) is 12.3. The molecule has 1 atom stereocenters. The molecule has 5 nitrogen and oxygen atoms in total. The predicted molar refractivity (Wildman–Crippen MR) is 131 cm³/mol. The molecule has 0 spiro atoms. The van der Waals surface area contributed by atoms with Gasteiger partial charge in [-0.2, -0.15) is 0 Å². The van der Waals surface area contributed by atoms with Gasteiger partial charge in [0.15, 0.2) is 0 Å².